The monoisotopic (exact) mass is 240 g/mol. The molecular formula is C17H36. The molecule has 0 aliphatic heterocycles. The van der Waals surface area contributed by atoms with Crippen LogP contribution in [0.4, 0.5) is 0 Å². The first-order valence-electron chi connectivity index (χ1n) is 7.60. The van der Waals surface area contributed by atoms with Crippen molar-refractivity contribution in [2.45, 2.75) is 93.9 Å². The molecule has 0 spiro atoms. The molecule has 0 radical (unpaired) electrons. The van der Waals surface area contributed by atoms with Gasteiger partial charge in [0.1, 0.15) is 0 Å². The van der Waals surface area contributed by atoms with E-state index in [1.54, 1.807) is 0 Å². The van der Waals surface area contributed by atoms with E-state index in [1.807, 2.05) is 0 Å². The van der Waals surface area contributed by atoms with Crippen LogP contribution in [0, 0.1) is 16.2 Å². The Kier molecular flexibility index (Phi) is 6.25. The molecule has 0 bridgehead atoms. The van der Waals surface area contributed by atoms with Gasteiger partial charge in [-0.1, -0.05) is 74.7 Å². The van der Waals surface area contributed by atoms with E-state index >= 15 is 0 Å². The molecule has 0 heterocycles. The van der Waals surface area contributed by atoms with E-state index in [0.717, 1.165) is 0 Å². The van der Waals surface area contributed by atoms with Gasteiger partial charge in [-0.15, -0.1) is 0 Å². The van der Waals surface area contributed by atoms with Gasteiger partial charge < -0.3 is 0 Å². The minimum Gasteiger partial charge on any atom is -0.0654 e. The molecule has 0 saturated heterocycles. The molecular weight excluding hydrogens is 204 g/mol. The summed E-state index contributed by atoms with van der Waals surface area (Å²) in [6.45, 7) is 19.3. The van der Waals surface area contributed by atoms with Crippen LogP contribution in [0.25, 0.3) is 0 Å². The number of rotatable bonds is 8. The first kappa shape index (κ1) is 17.0. The third-order valence-electron chi connectivity index (χ3n) is 4.50. The van der Waals surface area contributed by atoms with Crippen LogP contribution in [-0.2, 0) is 0 Å². The Morgan fingerprint density at radius 2 is 1.12 bits per heavy atom. The molecule has 104 valence electrons. The molecule has 0 aromatic rings. The molecule has 0 fully saturated rings. The molecule has 0 aromatic carbocycles. The number of hydrogen-bond acceptors (Lipinski definition) is 0. The Morgan fingerprint density at radius 1 is 0.647 bits per heavy atom. The summed E-state index contributed by atoms with van der Waals surface area (Å²) in [5, 5.41) is 0. The van der Waals surface area contributed by atoms with Gasteiger partial charge in [0, 0.05) is 0 Å². The maximum Gasteiger partial charge on any atom is -0.0326 e. The SMILES string of the molecule is CCCC(C)(C)CC(C)(C)CC(C)(CC)CC. The van der Waals surface area contributed by atoms with Crippen molar-refractivity contribution in [3.63, 3.8) is 0 Å². The summed E-state index contributed by atoms with van der Waals surface area (Å²) >= 11 is 0. The zero-order chi connectivity index (χ0) is 13.7. The van der Waals surface area contributed by atoms with Crippen LogP contribution in [-0.4, -0.2) is 0 Å². The summed E-state index contributed by atoms with van der Waals surface area (Å²) in [5.74, 6) is 0. The molecule has 0 aliphatic carbocycles. The fourth-order valence-electron chi connectivity index (χ4n) is 3.78. The van der Waals surface area contributed by atoms with E-state index in [1.165, 1.54) is 38.5 Å². The zero-order valence-corrected chi connectivity index (χ0v) is 13.7. The second kappa shape index (κ2) is 6.25. The Bertz CT molecular complexity index is 206. The van der Waals surface area contributed by atoms with Crippen LogP contribution in [0.2, 0.25) is 0 Å². The lowest BCUT2D eigenvalue weighted by atomic mass is 9.65. The maximum absolute atomic E-state index is 2.47. The second-order valence-electron chi connectivity index (χ2n) is 7.95. The zero-order valence-electron chi connectivity index (χ0n) is 13.7. The normalized spacial score (nSPS) is 14.1. The van der Waals surface area contributed by atoms with Crippen LogP contribution >= 0.6 is 0 Å². The highest BCUT2D eigenvalue weighted by Gasteiger charge is 2.34. The minimum atomic E-state index is 0.472. The molecule has 0 N–H and O–H groups in total. The summed E-state index contributed by atoms with van der Waals surface area (Å²) in [4.78, 5) is 0. The highest BCUT2D eigenvalue weighted by Crippen LogP contribution is 2.45. The minimum absolute atomic E-state index is 0.472. The van der Waals surface area contributed by atoms with Crippen molar-refractivity contribution in [2.24, 2.45) is 16.2 Å². The van der Waals surface area contributed by atoms with Crippen LogP contribution < -0.4 is 0 Å². The fourth-order valence-corrected chi connectivity index (χ4v) is 3.78. The lowest BCUT2D eigenvalue weighted by molar-refractivity contribution is 0.103. The lowest BCUT2D eigenvalue weighted by Gasteiger charge is -2.41. The third-order valence-corrected chi connectivity index (χ3v) is 4.50. The second-order valence-corrected chi connectivity index (χ2v) is 7.95. The first-order chi connectivity index (χ1) is 7.60. The molecule has 0 saturated carbocycles. The fraction of sp³-hybridized carbons (Fsp3) is 1.00. The molecule has 0 amide bonds. The van der Waals surface area contributed by atoms with Gasteiger partial charge in [-0.05, 0) is 35.5 Å². The van der Waals surface area contributed by atoms with Crippen molar-refractivity contribution in [3.8, 4) is 0 Å². The van der Waals surface area contributed by atoms with E-state index in [0.29, 0.717) is 16.2 Å². The summed E-state index contributed by atoms with van der Waals surface area (Å²) in [6.07, 6.45) is 7.99. The van der Waals surface area contributed by atoms with E-state index in [4.69, 9.17) is 0 Å². The van der Waals surface area contributed by atoms with E-state index in [2.05, 4.69) is 55.4 Å². The van der Waals surface area contributed by atoms with Crippen molar-refractivity contribution < 1.29 is 0 Å². The maximum atomic E-state index is 2.47. The smallest absolute Gasteiger partial charge is 0.0326 e. The Morgan fingerprint density at radius 3 is 1.47 bits per heavy atom. The average molecular weight is 240 g/mol. The molecule has 0 rings (SSSR count). The van der Waals surface area contributed by atoms with Gasteiger partial charge in [0.15, 0.2) is 0 Å². The number of hydrogen-bond donors (Lipinski definition) is 0. The third kappa shape index (κ3) is 6.48. The molecule has 0 nitrogen and oxygen atoms in total. The van der Waals surface area contributed by atoms with Crippen molar-refractivity contribution in [3.05, 3.63) is 0 Å². The van der Waals surface area contributed by atoms with Crippen LogP contribution in [0.5, 0.6) is 0 Å². The van der Waals surface area contributed by atoms with Crippen molar-refractivity contribution >= 4 is 0 Å². The van der Waals surface area contributed by atoms with Gasteiger partial charge >= 0.3 is 0 Å². The first-order valence-corrected chi connectivity index (χ1v) is 7.60. The van der Waals surface area contributed by atoms with E-state index < -0.39 is 0 Å². The van der Waals surface area contributed by atoms with Gasteiger partial charge in [-0.2, -0.15) is 0 Å². The molecule has 0 aromatic heterocycles. The van der Waals surface area contributed by atoms with Gasteiger partial charge in [0.05, 0.1) is 0 Å². The molecule has 0 heteroatoms. The van der Waals surface area contributed by atoms with Gasteiger partial charge in [-0.3, -0.25) is 0 Å². The van der Waals surface area contributed by atoms with Gasteiger partial charge in [-0.25, -0.2) is 0 Å². The van der Waals surface area contributed by atoms with Gasteiger partial charge in [0.2, 0.25) is 0 Å². The molecule has 0 atom stereocenters. The predicted molar refractivity (Wildman–Crippen MR) is 80.4 cm³/mol. The Balaban J connectivity index is 4.57. The Hall–Kier alpha value is 0. The Labute approximate surface area is 111 Å². The largest absolute Gasteiger partial charge is 0.0654 e. The van der Waals surface area contributed by atoms with Crippen molar-refractivity contribution in [2.75, 3.05) is 0 Å². The topological polar surface area (TPSA) is 0 Å². The van der Waals surface area contributed by atoms with Crippen LogP contribution in [0.1, 0.15) is 93.9 Å². The molecule has 17 heavy (non-hydrogen) atoms. The van der Waals surface area contributed by atoms with Crippen LogP contribution in [0.3, 0.4) is 0 Å². The summed E-state index contributed by atoms with van der Waals surface area (Å²) in [6, 6.07) is 0. The molecule has 0 unspecified atom stereocenters. The standard InChI is InChI=1S/C17H36/c1-9-12-15(4,5)13-16(6,7)14-17(8,10-2)11-3/h9-14H2,1-8H3. The quantitative estimate of drug-likeness (QED) is 0.457. The molecule has 0 aliphatic rings. The van der Waals surface area contributed by atoms with Crippen molar-refractivity contribution in [1.82, 2.24) is 0 Å². The predicted octanol–water partition coefficient (Wildman–Crippen LogP) is 6.45. The van der Waals surface area contributed by atoms with E-state index in [-0.39, 0.29) is 0 Å². The highest BCUT2D eigenvalue weighted by atomic mass is 14.4. The lowest BCUT2D eigenvalue weighted by Crippen LogP contribution is -2.29. The average Bonchev–Trinajstić information content (AvgIpc) is 2.14. The van der Waals surface area contributed by atoms with Gasteiger partial charge in [0.25, 0.3) is 0 Å². The van der Waals surface area contributed by atoms with Crippen LogP contribution in [0.15, 0.2) is 0 Å². The summed E-state index contributed by atoms with van der Waals surface area (Å²) < 4.78 is 0. The van der Waals surface area contributed by atoms with Crippen molar-refractivity contribution in [1.29, 1.82) is 0 Å². The van der Waals surface area contributed by atoms with E-state index in [9.17, 15) is 0 Å². The summed E-state index contributed by atoms with van der Waals surface area (Å²) in [5.41, 5.74) is 1.51. The summed E-state index contributed by atoms with van der Waals surface area (Å²) in [7, 11) is 0. The highest BCUT2D eigenvalue weighted by molar-refractivity contribution is 4.85.